The summed E-state index contributed by atoms with van der Waals surface area (Å²) in [5.74, 6) is 1.37. The van der Waals surface area contributed by atoms with Gasteiger partial charge in [-0.1, -0.05) is 42.4 Å². The molecule has 4 aromatic heterocycles. The van der Waals surface area contributed by atoms with Crippen LogP contribution in [0, 0.1) is 0 Å². The number of aromatic amines is 2. The summed E-state index contributed by atoms with van der Waals surface area (Å²) < 4.78 is 5.49. The zero-order valence-corrected chi connectivity index (χ0v) is 16.6. The van der Waals surface area contributed by atoms with Gasteiger partial charge < -0.3 is 9.62 Å². The van der Waals surface area contributed by atoms with Gasteiger partial charge in [0.15, 0.2) is 5.82 Å². The predicted octanol–water partition coefficient (Wildman–Crippen LogP) is 4.70. The van der Waals surface area contributed by atoms with Gasteiger partial charge in [-0.25, -0.2) is 9.97 Å². The molecule has 1 atom stereocenters. The molecule has 0 saturated heterocycles. The monoisotopic (exact) mass is 407 g/mol. The number of rotatable bonds is 4. The number of hydrogen-bond acceptors (Lipinski definition) is 6. The molecule has 8 nitrogen and oxygen atoms in total. The van der Waals surface area contributed by atoms with Crippen molar-refractivity contribution in [2.45, 2.75) is 12.8 Å². The highest BCUT2D eigenvalue weighted by Crippen LogP contribution is 2.30. The molecule has 0 aliphatic carbocycles. The number of nitrogens with one attached hydrogen (secondary N) is 2. The Bertz CT molecular complexity index is 1500. The van der Waals surface area contributed by atoms with E-state index in [1.807, 2.05) is 61.5 Å². The number of H-pyrrole nitrogens is 2. The summed E-state index contributed by atoms with van der Waals surface area (Å²) in [4.78, 5) is 17.9. The highest BCUT2D eigenvalue weighted by atomic mass is 16.5. The van der Waals surface area contributed by atoms with Gasteiger partial charge in [0.25, 0.3) is 5.89 Å². The van der Waals surface area contributed by atoms with E-state index >= 15 is 0 Å². The third-order valence-electron chi connectivity index (χ3n) is 5.45. The van der Waals surface area contributed by atoms with E-state index in [1.54, 1.807) is 12.4 Å². The molecule has 0 bridgehead atoms. The molecule has 4 heterocycles. The second-order valence-corrected chi connectivity index (χ2v) is 7.38. The van der Waals surface area contributed by atoms with E-state index in [4.69, 9.17) is 4.52 Å². The number of nitrogens with zero attached hydrogens (tertiary/aromatic N) is 5. The molecule has 6 rings (SSSR count). The average Bonchev–Trinajstić information content (AvgIpc) is 3.55. The standard InChI is InChI=1S/C23H17N7O/c1-13(14-5-3-2-4-6-14)21-27-23(31-30-21)22-25-18-11-16-17(12-19(18)26-22)28-29-20(16)15-7-9-24-10-8-15/h2-13,28-29H,1H3. The van der Waals surface area contributed by atoms with E-state index < -0.39 is 0 Å². The minimum atomic E-state index is 0.0136. The smallest absolute Gasteiger partial charge is 0.295 e. The number of hydrogen-bond donors (Lipinski definition) is 2. The molecule has 1 unspecified atom stereocenters. The van der Waals surface area contributed by atoms with Crippen molar-refractivity contribution in [2.75, 3.05) is 0 Å². The van der Waals surface area contributed by atoms with Crippen LogP contribution < -0.4 is 0 Å². The van der Waals surface area contributed by atoms with Gasteiger partial charge in [0.1, 0.15) is 0 Å². The van der Waals surface area contributed by atoms with E-state index in [0.29, 0.717) is 17.5 Å². The van der Waals surface area contributed by atoms with Gasteiger partial charge in [0.05, 0.1) is 22.2 Å². The normalized spacial score (nSPS) is 12.5. The summed E-state index contributed by atoms with van der Waals surface area (Å²) in [7, 11) is 0. The molecule has 0 saturated carbocycles. The molecule has 0 aliphatic rings. The van der Waals surface area contributed by atoms with Crippen LogP contribution in [-0.2, 0) is 0 Å². The Balaban J connectivity index is 1.39. The molecular weight excluding hydrogens is 390 g/mol. The first-order valence-electron chi connectivity index (χ1n) is 9.93. The lowest BCUT2D eigenvalue weighted by Crippen LogP contribution is -1.98. The van der Waals surface area contributed by atoms with Crippen LogP contribution >= 0.6 is 0 Å². The van der Waals surface area contributed by atoms with E-state index in [2.05, 4.69) is 35.3 Å². The van der Waals surface area contributed by atoms with E-state index in [9.17, 15) is 0 Å². The van der Waals surface area contributed by atoms with E-state index in [1.165, 1.54) is 0 Å². The highest BCUT2D eigenvalue weighted by molar-refractivity contribution is 6.00. The zero-order valence-electron chi connectivity index (χ0n) is 16.6. The van der Waals surface area contributed by atoms with Crippen molar-refractivity contribution in [1.29, 1.82) is 0 Å². The second-order valence-electron chi connectivity index (χ2n) is 7.38. The SMILES string of the molecule is CC(c1ccccc1)c1noc(-c2nc3cc4[nH][nH]c(-c5ccncc5)c4cc3n2)n1. The van der Waals surface area contributed by atoms with Crippen molar-refractivity contribution in [2.24, 2.45) is 0 Å². The van der Waals surface area contributed by atoms with E-state index in [0.717, 1.165) is 38.8 Å². The Morgan fingerprint density at radius 1 is 0.871 bits per heavy atom. The van der Waals surface area contributed by atoms with Gasteiger partial charge in [-0.3, -0.25) is 10.1 Å². The lowest BCUT2D eigenvalue weighted by atomic mass is 10.0. The summed E-state index contributed by atoms with van der Waals surface area (Å²) in [5, 5.41) is 11.6. The quantitative estimate of drug-likeness (QED) is 0.438. The number of imidazole rings is 1. The van der Waals surface area contributed by atoms with E-state index in [-0.39, 0.29) is 5.92 Å². The Hall–Kier alpha value is -4.33. The maximum Gasteiger partial charge on any atom is 0.295 e. The topological polar surface area (TPSA) is 109 Å². The fourth-order valence-corrected chi connectivity index (χ4v) is 3.75. The minimum absolute atomic E-state index is 0.0136. The maximum atomic E-state index is 5.49. The first-order chi connectivity index (χ1) is 15.3. The van der Waals surface area contributed by atoms with Crippen molar-refractivity contribution in [3.8, 4) is 23.0 Å². The van der Waals surface area contributed by atoms with Crippen LogP contribution in [0.1, 0.15) is 24.2 Å². The van der Waals surface area contributed by atoms with Crippen molar-refractivity contribution in [1.82, 2.24) is 35.3 Å². The molecule has 0 radical (unpaired) electrons. The molecule has 31 heavy (non-hydrogen) atoms. The summed E-state index contributed by atoms with van der Waals surface area (Å²) in [6, 6.07) is 18.0. The highest BCUT2D eigenvalue weighted by Gasteiger charge is 2.20. The largest absolute Gasteiger partial charge is 0.330 e. The molecule has 0 fully saturated rings. The van der Waals surface area contributed by atoms with Crippen LogP contribution in [-0.4, -0.2) is 35.3 Å². The van der Waals surface area contributed by atoms with Crippen molar-refractivity contribution in [3.05, 3.63) is 78.4 Å². The molecule has 0 amide bonds. The fourth-order valence-electron chi connectivity index (χ4n) is 3.75. The van der Waals surface area contributed by atoms with Crippen LogP contribution in [0.15, 0.2) is 71.5 Å². The molecule has 2 aromatic carbocycles. The first-order valence-corrected chi connectivity index (χ1v) is 9.93. The molecule has 6 aromatic rings. The summed E-state index contributed by atoms with van der Waals surface area (Å²) in [6.07, 6.45) is 3.54. The Kier molecular flexibility index (Phi) is 3.89. The number of fused-ring (bicyclic) bond motifs is 2. The van der Waals surface area contributed by atoms with Crippen LogP contribution in [0.3, 0.4) is 0 Å². The van der Waals surface area contributed by atoms with Crippen LogP contribution in [0.5, 0.6) is 0 Å². The van der Waals surface area contributed by atoms with Gasteiger partial charge in [-0.15, -0.1) is 0 Å². The van der Waals surface area contributed by atoms with Crippen LogP contribution in [0.2, 0.25) is 0 Å². The summed E-state index contributed by atoms with van der Waals surface area (Å²) in [5.41, 5.74) is 5.60. The molecule has 0 aliphatic heterocycles. The Morgan fingerprint density at radius 2 is 1.65 bits per heavy atom. The van der Waals surface area contributed by atoms with Gasteiger partial charge in [0, 0.05) is 29.3 Å². The predicted molar refractivity (Wildman–Crippen MR) is 116 cm³/mol. The van der Waals surface area contributed by atoms with Crippen LogP contribution in [0.4, 0.5) is 0 Å². The molecule has 0 spiro atoms. The Morgan fingerprint density at radius 3 is 2.45 bits per heavy atom. The number of pyridine rings is 1. The second kappa shape index (κ2) is 6.88. The van der Waals surface area contributed by atoms with Gasteiger partial charge in [-0.2, -0.15) is 4.98 Å². The Labute approximate surface area is 176 Å². The van der Waals surface area contributed by atoms with Gasteiger partial charge in [0.2, 0.25) is 5.82 Å². The third kappa shape index (κ3) is 2.96. The average molecular weight is 407 g/mol. The molecule has 150 valence electrons. The van der Waals surface area contributed by atoms with Crippen molar-refractivity contribution < 1.29 is 4.52 Å². The molecule has 2 N–H and O–H groups in total. The maximum absolute atomic E-state index is 5.49. The minimum Gasteiger partial charge on any atom is -0.330 e. The van der Waals surface area contributed by atoms with Crippen molar-refractivity contribution in [3.63, 3.8) is 0 Å². The summed E-state index contributed by atoms with van der Waals surface area (Å²) in [6.45, 7) is 2.05. The fraction of sp³-hybridized carbons (Fsp3) is 0.0870. The first kappa shape index (κ1) is 17.5. The van der Waals surface area contributed by atoms with Gasteiger partial charge >= 0.3 is 0 Å². The molecular formula is C23H17N7O. The summed E-state index contributed by atoms with van der Waals surface area (Å²) >= 11 is 0. The molecule has 8 heteroatoms. The lowest BCUT2D eigenvalue weighted by molar-refractivity contribution is 0.418. The number of benzene rings is 2. The third-order valence-corrected chi connectivity index (χ3v) is 5.45. The lowest BCUT2D eigenvalue weighted by Gasteiger charge is -2.05. The van der Waals surface area contributed by atoms with Gasteiger partial charge in [-0.05, 0) is 29.8 Å². The van der Waals surface area contributed by atoms with Crippen molar-refractivity contribution >= 4 is 21.9 Å². The number of aromatic nitrogens is 7. The van der Waals surface area contributed by atoms with Crippen LogP contribution in [0.25, 0.3) is 44.9 Å². The zero-order chi connectivity index (χ0) is 20.8.